The molecule has 4 N–H and O–H groups in total. The molecule has 126 valence electrons. The van der Waals surface area contributed by atoms with Crippen molar-refractivity contribution < 1.29 is 24.4 Å². The van der Waals surface area contributed by atoms with Crippen molar-refractivity contribution in [3.8, 4) is 0 Å². The number of carbonyl (C=O) groups excluding carboxylic acids is 1. The number of rotatable bonds is 6. The van der Waals surface area contributed by atoms with Crippen LogP contribution < -0.4 is 11.1 Å². The molecule has 2 unspecified atom stereocenters. The molecule has 0 saturated heterocycles. The Morgan fingerprint density at radius 1 is 1.35 bits per heavy atom. The molecule has 0 heterocycles. The third-order valence-corrected chi connectivity index (χ3v) is 2.71. The number of aliphatic carboxylic acids is 1. The Morgan fingerprint density at radius 2 is 1.91 bits per heavy atom. The molecule has 23 heavy (non-hydrogen) atoms. The Kier molecular flexibility index (Phi) is 5.63. The van der Waals surface area contributed by atoms with Gasteiger partial charge in [0.2, 0.25) is 0 Å². The monoisotopic (exact) mass is 325 g/mol. The molecule has 0 bridgehead atoms. The largest absolute Gasteiger partial charge is 0.481 e. The Balaban J connectivity index is 3.00. The minimum absolute atomic E-state index is 0.0137. The number of hydrogen-bond acceptors (Lipinski definition) is 7. The summed E-state index contributed by atoms with van der Waals surface area (Å²) in [7, 11) is 0. The van der Waals surface area contributed by atoms with Crippen LogP contribution >= 0.6 is 0 Å². The van der Waals surface area contributed by atoms with E-state index < -0.39 is 34.5 Å². The summed E-state index contributed by atoms with van der Waals surface area (Å²) in [6, 6.07) is 5.58. The summed E-state index contributed by atoms with van der Waals surface area (Å²) in [4.78, 5) is 33.6. The molecule has 1 aromatic carbocycles. The summed E-state index contributed by atoms with van der Waals surface area (Å²) < 4.78 is 5.02. The number of nitro benzene ring substituents is 1. The van der Waals surface area contributed by atoms with E-state index in [-0.39, 0.29) is 11.4 Å². The smallest absolute Gasteiger partial charge is 0.324 e. The van der Waals surface area contributed by atoms with Gasteiger partial charge in [0.25, 0.3) is 5.69 Å². The van der Waals surface area contributed by atoms with Crippen LogP contribution in [0.4, 0.5) is 11.4 Å². The minimum atomic E-state index is -1.71. The van der Waals surface area contributed by atoms with Gasteiger partial charge in [-0.25, -0.2) is 0 Å². The SMILES string of the molecule is CC(C)(C)OC(=O)C(C(=O)O)C(N)Nc1ccccc1[N+](=O)[O-]. The fourth-order valence-electron chi connectivity index (χ4n) is 1.78. The van der Waals surface area contributed by atoms with Crippen molar-refractivity contribution in [3.05, 3.63) is 34.4 Å². The van der Waals surface area contributed by atoms with E-state index in [4.69, 9.17) is 10.5 Å². The van der Waals surface area contributed by atoms with Crippen molar-refractivity contribution in [1.82, 2.24) is 0 Å². The first-order valence-electron chi connectivity index (χ1n) is 6.74. The maximum absolute atomic E-state index is 12.0. The van der Waals surface area contributed by atoms with Gasteiger partial charge < -0.3 is 20.9 Å². The lowest BCUT2D eigenvalue weighted by molar-refractivity contribution is -0.384. The number of carboxylic acid groups (broad SMARTS) is 1. The zero-order chi connectivity index (χ0) is 17.8. The first kappa shape index (κ1) is 18.4. The second kappa shape index (κ2) is 7.05. The molecule has 0 aliphatic rings. The summed E-state index contributed by atoms with van der Waals surface area (Å²) in [5.41, 5.74) is 4.57. The van der Waals surface area contributed by atoms with Gasteiger partial charge in [-0.15, -0.1) is 0 Å². The predicted molar refractivity (Wildman–Crippen MR) is 81.7 cm³/mol. The highest BCUT2D eigenvalue weighted by Gasteiger charge is 2.37. The van der Waals surface area contributed by atoms with Crippen molar-refractivity contribution in [1.29, 1.82) is 0 Å². The molecule has 0 saturated carbocycles. The lowest BCUT2D eigenvalue weighted by Gasteiger charge is -2.25. The van der Waals surface area contributed by atoms with E-state index in [1.807, 2.05) is 0 Å². The van der Waals surface area contributed by atoms with Crippen molar-refractivity contribution in [3.63, 3.8) is 0 Å². The molecular weight excluding hydrogens is 306 g/mol. The lowest BCUT2D eigenvalue weighted by atomic mass is 10.1. The van der Waals surface area contributed by atoms with Gasteiger partial charge in [0, 0.05) is 6.07 Å². The number of ether oxygens (including phenoxy) is 1. The topological polar surface area (TPSA) is 145 Å². The maximum Gasteiger partial charge on any atom is 0.324 e. The number of nitrogens with zero attached hydrogens (tertiary/aromatic N) is 1. The highest BCUT2D eigenvalue weighted by Crippen LogP contribution is 2.25. The van der Waals surface area contributed by atoms with Crippen LogP contribution in [0.5, 0.6) is 0 Å². The highest BCUT2D eigenvalue weighted by atomic mass is 16.6. The average molecular weight is 325 g/mol. The molecule has 0 aliphatic heterocycles. The van der Waals surface area contributed by atoms with E-state index in [2.05, 4.69) is 5.32 Å². The summed E-state index contributed by atoms with van der Waals surface area (Å²) in [6.45, 7) is 4.76. The third-order valence-electron chi connectivity index (χ3n) is 2.71. The summed E-state index contributed by atoms with van der Waals surface area (Å²) in [6.07, 6.45) is -1.40. The normalized spacial score (nSPS) is 13.7. The van der Waals surface area contributed by atoms with E-state index in [1.54, 1.807) is 20.8 Å². The van der Waals surface area contributed by atoms with Crippen LogP contribution in [-0.2, 0) is 14.3 Å². The number of anilines is 1. The predicted octanol–water partition coefficient (Wildman–Crippen LogP) is 1.33. The van der Waals surface area contributed by atoms with E-state index in [1.165, 1.54) is 24.3 Å². The number of carboxylic acids is 1. The van der Waals surface area contributed by atoms with E-state index >= 15 is 0 Å². The third kappa shape index (κ3) is 5.22. The molecular formula is C14H19N3O6. The quantitative estimate of drug-likeness (QED) is 0.233. The number of nitro groups is 1. The van der Waals surface area contributed by atoms with Crippen LogP contribution in [0.15, 0.2) is 24.3 Å². The second-order valence-corrected chi connectivity index (χ2v) is 5.79. The first-order valence-corrected chi connectivity index (χ1v) is 6.74. The number of para-hydroxylation sites is 2. The maximum atomic E-state index is 12.0. The van der Waals surface area contributed by atoms with Gasteiger partial charge in [-0.2, -0.15) is 0 Å². The van der Waals surface area contributed by atoms with Crippen LogP contribution in [0, 0.1) is 16.0 Å². The zero-order valence-electron chi connectivity index (χ0n) is 13.0. The Morgan fingerprint density at radius 3 is 2.39 bits per heavy atom. The number of nitrogens with one attached hydrogen (secondary N) is 1. The van der Waals surface area contributed by atoms with Gasteiger partial charge in [-0.3, -0.25) is 19.7 Å². The molecule has 0 amide bonds. The van der Waals surface area contributed by atoms with Crippen molar-refractivity contribution in [2.45, 2.75) is 32.5 Å². The Hall–Kier alpha value is -2.68. The molecule has 0 aromatic heterocycles. The fraction of sp³-hybridized carbons (Fsp3) is 0.429. The summed E-state index contributed by atoms with van der Waals surface area (Å²) >= 11 is 0. The van der Waals surface area contributed by atoms with E-state index in [9.17, 15) is 24.8 Å². The van der Waals surface area contributed by atoms with E-state index in [0.717, 1.165) is 0 Å². The highest BCUT2D eigenvalue weighted by molar-refractivity contribution is 5.95. The summed E-state index contributed by atoms with van der Waals surface area (Å²) in [5.74, 6) is -4.23. The van der Waals surface area contributed by atoms with Gasteiger partial charge in [-0.05, 0) is 26.8 Å². The van der Waals surface area contributed by atoms with Gasteiger partial charge >= 0.3 is 11.9 Å². The lowest BCUT2D eigenvalue weighted by Crippen LogP contribution is -2.48. The van der Waals surface area contributed by atoms with Crippen molar-refractivity contribution >= 4 is 23.3 Å². The average Bonchev–Trinajstić information content (AvgIpc) is 2.36. The number of benzene rings is 1. The van der Waals surface area contributed by atoms with Crippen LogP contribution in [0.2, 0.25) is 0 Å². The van der Waals surface area contributed by atoms with Crippen LogP contribution in [0.3, 0.4) is 0 Å². The molecule has 0 aliphatic carbocycles. The first-order chi connectivity index (χ1) is 10.5. The number of hydrogen-bond donors (Lipinski definition) is 3. The van der Waals surface area contributed by atoms with Crippen molar-refractivity contribution in [2.24, 2.45) is 11.7 Å². The number of carbonyl (C=O) groups is 2. The summed E-state index contributed by atoms with van der Waals surface area (Å²) in [5, 5.41) is 22.7. The molecule has 9 nitrogen and oxygen atoms in total. The fourth-order valence-corrected chi connectivity index (χ4v) is 1.78. The van der Waals surface area contributed by atoms with Crippen LogP contribution in [0.1, 0.15) is 20.8 Å². The van der Waals surface area contributed by atoms with Crippen LogP contribution in [0.25, 0.3) is 0 Å². The number of nitrogens with two attached hydrogens (primary N) is 1. The molecule has 1 aromatic rings. The zero-order valence-corrected chi connectivity index (χ0v) is 13.0. The second-order valence-electron chi connectivity index (χ2n) is 5.79. The van der Waals surface area contributed by atoms with Crippen molar-refractivity contribution in [2.75, 3.05) is 5.32 Å². The Labute approximate surface area is 132 Å². The molecule has 9 heteroatoms. The van der Waals surface area contributed by atoms with Gasteiger partial charge in [0.1, 0.15) is 11.3 Å². The molecule has 0 spiro atoms. The van der Waals surface area contributed by atoms with Gasteiger partial charge in [0.15, 0.2) is 5.92 Å². The van der Waals surface area contributed by atoms with Gasteiger partial charge in [-0.1, -0.05) is 12.1 Å². The Bertz CT molecular complexity index is 611. The molecule has 0 radical (unpaired) electrons. The number of esters is 1. The standard InChI is InChI=1S/C14H19N3O6/c1-14(2,3)23-13(20)10(12(18)19)11(15)16-8-6-4-5-7-9(8)17(21)22/h4-7,10-11,16H,15H2,1-3H3,(H,18,19). The van der Waals surface area contributed by atoms with Crippen LogP contribution in [-0.4, -0.2) is 33.7 Å². The molecule has 0 fully saturated rings. The molecule has 1 rings (SSSR count). The van der Waals surface area contributed by atoms with Gasteiger partial charge in [0.05, 0.1) is 11.1 Å². The minimum Gasteiger partial charge on any atom is -0.481 e. The molecule has 2 atom stereocenters. The van der Waals surface area contributed by atoms with E-state index in [0.29, 0.717) is 0 Å².